The molecule has 1 spiro atoms. The lowest BCUT2D eigenvalue weighted by Gasteiger charge is -2.42. The number of hydrogen-bond donors (Lipinski definition) is 0. The van der Waals surface area contributed by atoms with Crippen LogP contribution < -0.4 is 0 Å². The largest absolute Gasteiger partial charge is 0.361 e. The van der Waals surface area contributed by atoms with Gasteiger partial charge in [-0.1, -0.05) is 12.1 Å². The van der Waals surface area contributed by atoms with E-state index in [1.54, 1.807) is 28.9 Å². The number of hydrogen-bond acceptors (Lipinski definition) is 6. The molecule has 0 radical (unpaired) electrons. The van der Waals surface area contributed by atoms with Gasteiger partial charge in [-0.2, -0.15) is 11.3 Å². The Balaban J connectivity index is 1.45. The number of ether oxygens (including phenoxy) is 1. The lowest BCUT2D eigenvalue weighted by atomic mass is 9.83. The number of amides is 1. The van der Waals surface area contributed by atoms with E-state index < -0.39 is 5.60 Å². The van der Waals surface area contributed by atoms with Gasteiger partial charge in [-0.25, -0.2) is 0 Å². The minimum absolute atomic E-state index is 0.0195. The number of rotatable bonds is 5. The van der Waals surface area contributed by atoms with Crippen molar-refractivity contribution >= 4 is 28.6 Å². The molecule has 1 amide bonds. The predicted octanol–water partition coefficient (Wildman–Crippen LogP) is 3.60. The van der Waals surface area contributed by atoms with E-state index in [0.717, 1.165) is 18.7 Å². The summed E-state index contributed by atoms with van der Waals surface area (Å²) < 4.78 is 6.35. The fourth-order valence-electron chi connectivity index (χ4n) is 4.50. The topological polar surface area (TPSA) is 45.7 Å². The van der Waals surface area contributed by atoms with E-state index >= 15 is 0 Å². The summed E-state index contributed by atoms with van der Waals surface area (Å²) in [7, 11) is 0. The summed E-state index contributed by atoms with van der Waals surface area (Å²) in [4.78, 5) is 23.7. The highest BCUT2D eigenvalue weighted by Crippen LogP contribution is 2.42. The second kappa shape index (κ2) is 7.99. The molecule has 29 heavy (non-hydrogen) atoms. The highest BCUT2D eigenvalue weighted by atomic mass is 32.1. The molecule has 150 valence electrons. The number of morpholine rings is 1. The Morgan fingerprint density at radius 3 is 2.93 bits per heavy atom. The summed E-state index contributed by atoms with van der Waals surface area (Å²) in [5.74, 6) is 0.0893. The number of aromatic nitrogens is 1. The molecular formula is C22H23N3O2S2. The van der Waals surface area contributed by atoms with Crippen LogP contribution in [-0.2, 0) is 22.6 Å². The first kappa shape index (κ1) is 18.9. The summed E-state index contributed by atoms with van der Waals surface area (Å²) >= 11 is 3.43. The van der Waals surface area contributed by atoms with Crippen molar-refractivity contribution < 1.29 is 9.53 Å². The second-order valence-corrected chi connectivity index (χ2v) is 9.50. The van der Waals surface area contributed by atoms with Gasteiger partial charge in [0.1, 0.15) is 0 Å². The van der Waals surface area contributed by atoms with Crippen LogP contribution in [0.5, 0.6) is 0 Å². The minimum Gasteiger partial charge on any atom is -0.361 e. The first-order valence-corrected chi connectivity index (χ1v) is 11.7. The standard InChI is InChI=1S/C22H23N3O2S2/c26-21-22(27-8-7-25(21)12-17-5-10-28-15-17)16-24(13-19-4-2-9-29-19)14-20(22)18-3-1-6-23-11-18/h1-6,9-11,15,20H,7-8,12-14,16H2. The van der Waals surface area contributed by atoms with Gasteiger partial charge in [0.05, 0.1) is 6.61 Å². The Kier molecular flexibility index (Phi) is 5.22. The van der Waals surface area contributed by atoms with Crippen LogP contribution in [0.3, 0.4) is 0 Å². The number of nitrogens with zero attached hydrogens (tertiary/aromatic N) is 3. The molecule has 0 bridgehead atoms. The van der Waals surface area contributed by atoms with E-state index in [1.807, 2.05) is 17.2 Å². The van der Waals surface area contributed by atoms with E-state index in [-0.39, 0.29) is 11.8 Å². The molecule has 2 saturated heterocycles. The zero-order valence-electron chi connectivity index (χ0n) is 16.1. The molecule has 5 heterocycles. The van der Waals surface area contributed by atoms with Crippen molar-refractivity contribution in [3.8, 4) is 0 Å². The van der Waals surface area contributed by atoms with E-state index in [4.69, 9.17) is 4.74 Å². The Morgan fingerprint density at radius 1 is 1.21 bits per heavy atom. The number of carbonyl (C=O) groups excluding carboxylic acids is 1. The molecule has 0 aliphatic carbocycles. The second-order valence-electron chi connectivity index (χ2n) is 7.68. The summed E-state index contributed by atoms with van der Waals surface area (Å²) in [5.41, 5.74) is 1.42. The van der Waals surface area contributed by atoms with E-state index in [0.29, 0.717) is 26.2 Å². The molecule has 2 aliphatic rings. The molecule has 0 aromatic carbocycles. The molecule has 3 aromatic heterocycles. The first-order valence-electron chi connectivity index (χ1n) is 9.84. The van der Waals surface area contributed by atoms with Crippen molar-refractivity contribution in [1.29, 1.82) is 0 Å². The third-order valence-corrected chi connectivity index (χ3v) is 7.43. The van der Waals surface area contributed by atoms with Gasteiger partial charge in [-0.3, -0.25) is 14.7 Å². The predicted molar refractivity (Wildman–Crippen MR) is 115 cm³/mol. The van der Waals surface area contributed by atoms with Crippen LogP contribution in [0.15, 0.2) is 58.9 Å². The maximum atomic E-state index is 13.8. The quantitative estimate of drug-likeness (QED) is 0.627. The van der Waals surface area contributed by atoms with Gasteiger partial charge < -0.3 is 9.64 Å². The highest BCUT2D eigenvalue weighted by molar-refractivity contribution is 7.09. The lowest BCUT2D eigenvalue weighted by Crippen LogP contribution is -2.59. The summed E-state index contributed by atoms with van der Waals surface area (Å²) in [6.45, 7) is 4.11. The van der Waals surface area contributed by atoms with Crippen molar-refractivity contribution in [2.24, 2.45) is 0 Å². The van der Waals surface area contributed by atoms with Crippen molar-refractivity contribution in [2.45, 2.75) is 24.6 Å². The molecule has 0 saturated carbocycles. The zero-order valence-corrected chi connectivity index (χ0v) is 17.7. The van der Waals surface area contributed by atoms with Crippen LogP contribution in [-0.4, -0.2) is 52.5 Å². The molecule has 7 heteroatoms. The third-order valence-electron chi connectivity index (χ3n) is 5.83. The maximum Gasteiger partial charge on any atom is 0.257 e. The Labute approximate surface area is 178 Å². The van der Waals surface area contributed by atoms with Crippen LogP contribution in [0.1, 0.15) is 21.9 Å². The monoisotopic (exact) mass is 425 g/mol. The van der Waals surface area contributed by atoms with E-state index in [1.165, 1.54) is 10.4 Å². The third kappa shape index (κ3) is 3.64. The van der Waals surface area contributed by atoms with Crippen LogP contribution >= 0.6 is 22.7 Å². The number of carbonyl (C=O) groups is 1. The van der Waals surface area contributed by atoms with Crippen molar-refractivity contribution in [3.63, 3.8) is 0 Å². The van der Waals surface area contributed by atoms with Gasteiger partial charge in [0.2, 0.25) is 0 Å². The zero-order chi connectivity index (χ0) is 19.7. The van der Waals surface area contributed by atoms with E-state index in [2.05, 4.69) is 50.3 Å². The number of thiophene rings is 2. The van der Waals surface area contributed by atoms with Crippen LogP contribution in [0.4, 0.5) is 0 Å². The molecular weight excluding hydrogens is 402 g/mol. The van der Waals surface area contributed by atoms with Gasteiger partial charge in [0, 0.05) is 55.9 Å². The normalized spacial score (nSPS) is 25.2. The molecule has 2 atom stereocenters. The first-order chi connectivity index (χ1) is 14.2. The smallest absolute Gasteiger partial charge is 0.257 e. The molecule has 2 unspecified atom stereocenters. The van der Waals surface area contributed by atoms with Gasteiger partial charge >= 0.3 is 0 Å². The number of pyridine rings is 1. The molecule has 0 N–H and O–H groups in total. The lowest BCUT2D eigenvalue weighted by molar-refractivity contribution is -0.173. The fourth-order valence-corrected chi connectivity index (χ4v) is 5.90. The fraction of sp³-hybridized carbons (Fsp3) is 0.364. The average molecular weight is 426 g/mol. The minimum atomic E-state index is -0.839. The average Bonchev–Trinajstić information content (AvgIpc) is 3.49. The summed E-state index contributed by atoms with van der Waals surface area (Å²) in [5, 5.41) is 6.28. The Hall–Kier alpha value is -2.06. The molecule has 2 fully saturated rings. The molecule has 5 rings (SSSR count). The van der Waals surface area contributed by atoms with Gasteiger partial charge in [-0.15, -0.1) is 11.3 Å². The summed E-state index contributed by atoms with van der Waals surface area (Å²) in [6, 6.07) is 10.3. The van der Waals surface area contributed by atoms with Crippen molar-refractivity contribution in [3.05, 3.63) is 74.9 Å². The highest BCUT2D eigenvalue weighted by Gasteiger charge is 2.57. The number of likely N-dealkylation sites (tertiary alicyclic amines) is 1. The van der Waals surface area contributed by atoms with Crippen LogP contribution in [0.25, 0.3) is 0 Å². The molecule has 2 aliphatic heterocycles. The van der Waals surface area contributed by atoms with Gasteiger partial charge in [-0.05, 0) is 45.5 Å². The van der Waals surface area contributed by atoms with Crippen LogP contribution in [0, 0.1) is 0 Å². The maximum absolute atomic E-state index is 13.8. The molecule has 5 nitrogen and oxygen atoms in total. The van der Waals surface area contributed by atoms with Gasteiger partial charge in [0.15, 0.2) is 5.60 Å². The summed E-state index contributed by atoms with van der Waals surface area (Å²) in [6.07, 6.45) is 3.66. The SMILES string of the molecule is O=C1N(Cc2ccsc2)CCOC12CN(Cc1cccs1)CC2c1cccnc1. The van der Waals surface area contributed by atoms with Crippen molar-refractivity contribution in [1.82, 2.24) is 14.8 Å². The van der Waals surface area contributed by atoms with Crippen molar-refractivity contribution in [2.75, 3.05) is 26.2 Å². The van der Waals surface area contributed by atoms with Gasteiger partial charge in [0.25, 0.3) is 5.91 Å². The molecule has 3 aromatic rings. The van der Waals surface area contributed by atoms with E-state index in [9.17, 15) is 4.79 Å². The Morgan fingerprint density at radius 2 is 2.17 bits per heavy atom. The van der Waals surface area contributed by atoms with Crippen LogP contribution in [0.2, 0.25) is 0 Å². The Bertz CT molecular complexity index is 946.